The summed E-state index contributed by atoms with van der Waals surface area (Å²) in [5.74, 6) is 1.63. The van der Waals surface area contributed by atoms with E-state index in [2.05, 4.69) is 46.8 Å². The minimum atomic E-state index is -0.342. The molecule has 0 unspecified atom stereocenters. The van der Waals surface area contributed by atoms with Crippen LogP contribution in [0.3, 0.4) is 0 Å². The smallest absolute Gasteiger partial charge is 0.131 e. The quantitative estimate of drug-likeness (QED) is 0.772. The number of ether oxygens (including phenoxy) is 2. The van der Waals surface area contributed by atoms with Crippen LogP contribution in [-0.2, 0) is 11.2 Å². The summed E-state index contributed by atoms with van der Waals surface area (Å²) in [5.41, 5.74) is 3.10. The first-order valence-electron chi connectivity index (χ1n) is 7.75. The molecule has 3 heteroatoms. The van der Waals surface area contributed by atoms with Crippen LogP contribution in [0.1, 0.15) is 52.2 Å². The van der Waals surface area contributed by atoms with Crippen LogP contribution in [0.15, 0.2) is 18.2 Å². The molecule has 2 rings (SSSR count). The van der Waals surface area contributed by atoms with E-state index in [1.165, 1.54) is 5.57 Å². The first kappa shape index (κ1) is 16.6. The van der Waals surface area contributed by atoms with Gasteiger partial charge < -0.3 is 14.3 Å². The molecule has 1 heterocycles. The Balaban J connectivity index is 2.60. The third-order valence-electron chi connectivity index (χ3n) is 3.88. The number of aldehydes is 1. The van der Waals surface area contributed by atoms with Crippen LogP contribution in [-0.4, -0.2) is 19.0 Å². The molecule has 0 bridgehead atoms. The molecule has 1 aromatic carbocycles. The lowest BCUT2D eigenvalue weighted by Crippen LogP contribution is -2.31. The van der Waals surface area contributed by atoms with Crippen molar-refractivity contribution in [2.24, 2.45) is 5.41 Å². The summed E-state index contributed by atoms with van der Waals surface area (Å²) in [6.07, 6.45) is 4.32. The largest absolute Gasteiger partial charge is 0.496 e. The van der Waals surface area contributed by atoms with E-state index in [1.807, 2.05) is 6.07 Å². The molecule has 1 aromatic rings. The Morgan fingerprint density at radius 2 is 1.95 bits per heavy atom. The molecule has 0 amide bonds. The highest BCUT2D eigenvalue weighted by Gasteiger charge is 2.32. The van der Waals surface area contributed by atoms with E-state index in [0.29, 0.717) is 12.8 Å². The normalized spacial score (nSPS) is 16.4. The van der Waals surface area contributed by atoms with Gasteiger partial charge in [-0.25, -0.2) is 0 Å². The predicted molar refractivity (Wildman–Crippen MR) is 89.5 cm³/mol. The van der Waals surface area contributed by atoms with Gasteiger partial charge in [-0.2, -0.15) is 0 Å². The summed E-state index contributed by atoms with van der Waals surface area (Å²) >= 11 is 0. The highest BCUT2D eigenvalue weighted by Crippen LogP contribution is 2.46. The Hall–Kier alpha value is -1.77. The van der Waals surface area contributed by atoms with Gasteiger partial charge in [-0.05, 0) is 49.0 Å². The van der Waals surface area contributed by atoms with Crippen LogP contribution in [0.2, 0.25) is 0 Å². The van der Waals surface area contributed by atoms with Crippen LogP contribution in [0, 0.1) is 5.41 Å². The number of hydrogen-bond acceptors (Lipinski definition) is 3. The molecule has 0 spiro atoms. The van der Waals surface area contributed by atoms with Gasteiger partial charge >= 0.3 is 0 Å². The van der Waals surface area contributed by atoms with E-state index in [1.54, 1.807) is 7.11 Å². The van der Waals surface area contributed by atoms with Gasteiger partial charge in [0.25, 0.3) is 0 Å². The summed E-state index contributed by atoms with van der Waals surface area (Å²) in [5, 5.41) is 0. The van der Waals surface area contributed by atoms with Gasteiger partial charge in [-0.3, -0.25) is 0 Å². The Morgan fingerprint density at radius 1 is 1.27 bits per heavy atom. The van der Waals surface area contributed by atoms with Crippen molar-refractivity contribution < 1.29 is 14.3 Å². The zero-order chi connectivity index (χ0) is 16.5. The Morgan fingerprint density at radius 3 is 2.50 bits per heavy atom. The fraction of sp³-hybridized carbons (Fsp3) is 0.526. The van der Waals surface area contributed by atoms with Crippen molar-refractivity contribution in [2.45, 2.75) is 53.1 Å². The van der Waals surface area contributed by atoms with Crippen molar-refractivity contribution in [2.75, 3.05) is 7.11 Å². The van der Waals surface area contributed by atoms with Crippen molar-refractivity contribution >= 4 is 11.9 Å². The van der Waals surface area contributed by atoms with Crippen molar-refractivity contribution in [3.63, 3.8) is 0 Å². The van der Waals surface area contributed by atoms with Gasteiger partial charge in [0.05, 0.1) is 7.11 Å². The van der Waals surface area contributed by atoms with Gasteiger partial charge in [0, 0.05) is 18.1 Å². The molecule has 3 nitrogen and oxygen atoms in total. The highest BCUT2D eigenvalue weighted by atomic mass is 16.5. The molecular weight excluding hydrogens is 276 g/mol. The average Bonchev–Trinajstić information content (AvgIpc) is 2.41. The van der Waals surface area contributed by atoms with Gasteiger partial charge in [0.2, 0.25) is 0 Å². The fourth-order valence-corrected chi connectivity index (χ4v) is 2.86. The van der Waals surface area contributed by atoms with Crippen molar-refractivity contribution in [1.29, 1.82) is 0 Å². The lowest BCUT2D eigenvalue weighted by molar-refractivity contribution is -0.107. The van der Waals surface area contributed by atoms with Gasteiger partial charge in [0.15, 0.2) is 0 Å². The van der Waals surface area contributed by atoms with Crippen LogP contribution in [0.5, 0.6) is 11.5 Å². The third-order valence-corrected chi connectivity index (χ3v) is 3.88. The SMILES string of the molecule is COc1cc2c(cc1CCC=O)C(C(C)(C)C)=CC(C)(C)O2. The maximum absolute atomic E-state index is 10.7. The van der Waals surface area contributed by atoms with Gasteiger partial charge in [0.1, 0.15) is 23.4 Å². The lowest BCUT2D eigenvalue weighted by atomic mass is 9.77. The van der Waals surface area contributed by atoms with Crippen molar-refractivity contribution in [3.05, 3.63) is 29.3 Å². The predicted octanol–water partition coefficient (Wildman–Crippen LogP) is 4.43. The Kier molecular flexibility index (Phi) is 4.37. The number of carbonyl (C=O) groups is 1. The molecule has 0 saturated heterocycles. The number of fused-ring (bicyclic) bond motifs is 1. The van der Waals surface area contributed by atoms with E-state index in [9.17, 15) is 4.79 Å². The number of methoxy groups -OCH3 is 1. The van der Waals surface area contributed by atoms with Crippen LogP contribution in [0.25, 0.3) is 5.57 Å². The maximum Gasteiger partial charge on any atom is 0.131 e. The number of carbonyl (C=O) groups excluding carboxylic acids is 1. The maximum atomic E-state index is 10.7. The van der Waals surface area contributed by atoms with Gasteiger partial charge in [-0.1, -0.05) is 20.8 Å². The van der Waals surface area contributed by atoms with E-state index in [4.69, 9.17) is 9.47 Å². The molecule has 0 radical (unpaired) electrons. The minimum absolute atomic E-state index is 0.0202. The first-order valence-corrected chi connectivity index (χ1v) is 7.75. The van der Waals surface area contributed by atoms with Crippen LogP contribution >= 0.6 is 0 Å². The second-order valence-corrected chi connectivity index (χ2v) is 7.38. The third kappa shape index (κ3) is 3.34. The second-order valence-electron chi connectivity index (χ2n) is 7.38. The standard InChI is InChI=1S/C19H26O3/c1-18(2,3)15-12-19(4,5)22-17-11-16(21-6)13(8-7-9-20)10-14(15)17/h9-12H,7-8H2,1-6H3. The molecule has 1 aliphatic heterocycles. The number of hydrogen-bond donors (Lipinski definition) is 0. The number of aryl methyl sites for hydroxylation is 1. The van der Waals surface area contributed by atoms with Crippen LogP contribution in [0.4, 0.5) is 0 Å². The fourth-order valence-electron chi connectivity index (χ4n) is 2.86. The van der Waals surface area contributed by atoms with Gasteiger partial charge in [-0.15, -0.1) is 0 Å². The number of benzene rings is 1. The highest BCUT2D eigenvalue weighted by molar-refractivity contribution is 5.78. The van der Waals surface area contributed by atoms with Crippen molar-refractivity contribution in [1.82, 2.24) is 0 Å². The molecule has 0 saturated carbocycles. The summed E-state index contributed by atoms with van der Waals surface area (Å²) in [6, 6.07) is 4.07. The molecule has 120 valence electrons. The number of allylic oxidation sites excluding steroid dienone is 1. The topological polar surface area (TPSA) is 35.5 Å². The second kappa shape index (κ2) is 5.79. The Labute approximate surface area is 133 Å². The Bertz CT molecular complexity index is 604. The summed E-state index contributed by atoms with van der Waals surface area (Å²) in [7, 11) is 1.65. The van der Waals surface area contributed by atoms with E-state index >= 15 is 0 Å². The van der Waals surface area contributed by atoms with Crippen molar-refractivity contribution in [3.8, 4) is 11.5 Å². The molecule has 1 aliphatic rings. The minimum Gasteiger partial charge on any atom is -0.496 e. The molecular formula is C19H26O3. The van der Waals surface area contributed by atoms with E-state index in [-0.39, 0.29) is 11.0 Å². The molecule has 0 aromatic heterocycles. The number of rotatable bonds is 4. The lowest BCUT2D eigenvalue weighted by Gasteiger charge is -2.36. The summed E-state index contributed by atoms with van der Waals surface area (Å²) in [6.45, 7) is 10.8. The molecule has 0 aliphatic carbocycles. The van der Waals surface area contributed by atoms with E-state index < -0.39 is 0 Å². The first-order chi connectivity index (χ1) is 10.2. The van der Waals surface area contributed by atoms with E-state index in [0.717, 1.165) is 28.9 Å². The zero-order valence-electron chi connectivity index (χ0n) is 14.4. The molecule has 0 N–H and O–H groups in total. The zero-order valence-corrected chi connectivity index (χ0v) is 14.4. The molecule has 0 fully saturated rings. The average molecular weight is 302 g/mol. The summed E-state index contributed by atoms with van der Waals surface area (Å²) in [4.78, 5) is 10.7. The van der Waals surface area contributed by atoms with Crippen LogP contribution < -0.4 is 9.47 Å². The summed E-state index contributed by atoms with van der Waals surface area (Å²) < 4.78 is 11.6. The molecule has 22 heavy (non-hydrogen) atoms. The molecule has 0 atom stereocenters. The monoisotopic (exact) mass is 302 g/mol.